The Balaban J connectivity index is 1.57. The zero-order chi connectivity index (χ0) is 24.6. The molecule has 0 bridgehead atoms. The van der Waals surface area contributed by atoms with Crippen LogP contribution in [0.3, 0.4) is 0 Å². The van der Waals surface area contributed by atoms with Gasteiger partial charge in [-0.25, -0.2) is 9.48 Å². The number of nitrogens with zero attached hydrogens (tertiary/aromatic N) is 3. The maximum atomic E-state index is 11.2. The summed E-state index contributed by atoms with van der Waals surface area (Å²) in [5.41, 5.74) is 2.88. The smallest absolute Gasteiger partial charge is 0.335 e. The molecule has 2 aromatic carbocycles. The van der Waals surface area contributed by atoms with Crippen molar-refractivity contribution in [3.05, 3.63) is 65.4 Å². The zero-order valence-corrected chi connectivity index (χ0v) is 18.1. The molecule has 6 atom stereocenters. The van der Waals surface area contributed by atoms with Crippen molar-refractivity contribution >= 4 is 5.97 Å². The number of hydrogen-bond donors (Lipinski definition) is 6. The van der Waals surface area contributed by atoms with Gasteiger partial charge in [0.2, 0.25) is 0 Å². The molecule has 11 nitrogen and oxygen atoms in total. The van der Waals surface area contributed by atoms with Crippen molar-refractivity contribution in [1.82, 2.24) is 15.0 Å². The van der Waals surface area contributed by atoms with Crippen LogP contribution < -0.4 is 0 Å². The first-order valence-corrected chi connectivity index (χ1v) is 10.6. The molecule has 0 spiro atoms. The van der Waals surface area contributed by atoms with Crippen molar-refractivity contribution in [2.24, 2.45) is 0 Å². The van der Waals surface area contributed by atoms with E-state index in [2.05, 4.69) is 10.3 Å². The lowest BCUT2D eigenvalue weighted by atomic mass is 9.88. The van der Waals surface area contributed by atoms with E-state index in [0.29, 0.717) is 28.1 Å². The summed E-state index contributed by atoms with van der Waals surface area (Å²) in [6.45, 7) is 1.15. The molecule has 1 aromatic heterocycles. The molecule has 3 aromatic rings. The second-order valence-corrected chi connectivity index (χ2v) is 8.21. The number of rotatable bonds is 6. The molecule has 0 radical (unpaired) electrons. The van der Waals surface area contributed by atoms with Crippen LogP contribution in [0.4, 0.5) is 0 Å². The normalized spacial score (nSPS) is 25.8. The number of benzene rings is 2. The highest BCUT2D eigenvalue weighted by Crippen LogP contribution is 2.32. The first kappa shape index (κ1) is 24.0. The molecule has 1 aliphatic heterocycles. The van der Waals surface area contributed by atoms with Crippen LogP contribution in [-0.4, -0.2) is 88.7 Å². The Labute approximate surface area is 194 Å². The summed E-state index contributed by atoms with van der Waals surface area (Å²) in [6, 6.07) is 11.4. The second kappa shape index (κ2) is 9.58. The third-order valence-electron chi connectivity index (χ3n) is 5.98. The lowest BCUT2D eigenvalue weighted by molar-refractivity contribution is -0.250. The number of aromatic carboxylic acids is 1. The van der Waals surface area contributed by atoms with E-state index in [1.807, 2.05) is 0 Å². The van der Waals surface area contributed by atoms with Gasteiger partial charge in [0, 0.05) is 5.56 Å². The fourth-order valence-electron chi connectivity index (χ4n) is 4.04. The highest BCUT2D eigenvalue weighted by Gasteiger charge is 2.46. The van der Waals surface area contributed by atoms with Gasteiger partial charge < -0.3 is 35.4 Å². The third-order valence-corrected chi connectivity index (χ3v) is 5.98. The van der Waals surface area contributed by atoms with Gasteiger partial charge in [0.25, 0.3) is 0 Å². The van der Waals surface area contributed by atoms with Gasteiger partial charge in [0.05, 0.1) is 24.1 Å². The van der Waals surface area contributed by atoms with Crippen molar-refractivity contribution < 1.29 is 40.2 Å². The monoisotopic (exact) mass is 471 g/mol. The molecule has 0 aliphatic carbocycles. The molecular formula is C23H25N3O8. The van der Waals surface area contributed by atoms with E-state index in [0.717, 1.165) is 0 Å². The minimum absolute atomic E-state index is 0.134. The van der Waals surface area contributed by atoms with Crippen molar-refractivity contribution in [2.45, 2.75) is 43.5 Å². The van der Waals surface area contributed by atoms with Crippen molar-refractivity contribution in [3.63, 3.8) is 0 Å². The van der Waals surface area contributed by atoms with E-state index < -0.39 is 49.2 Å². The lowest BCUT2D eigenvalue weighted by Crippen LogP contribution is -2.59. The summed E-state index contributed by atoms with van der Waals surface area (Å²) in [5.74, 6) is -1.04. The molecule has 11 heteroatoms. The van der Waals surface area contributed by atoms with Gasteiger partial charge in [-0.1, -0.05) is 23.4 Å². The van der Waals surface area contributed by atoms with Gasteiger partial charge in [0.15, 0.2) is 0 Å². The number of carboxylic acids is 1. The third kappa shape index (κ3) is 4.44. The highest BCUT2D eigenvalue weighted by molar-refractivity contribution is 5.89. The number of carbonyl (C=O) groups is 1. The molecule has 180 valence electrons. The lowest BCUT2D eigenvalue weighted by Gasteiger charge is -2.42. The molecule has 3 unspecified atom stereocenters. The Hall–Kier alpha value is -3.19. The van der Waals surface area contributed by atoms with Crippen LogP contribution in [0.15, 0.2) is 48.7 Å². The highest BCUT2D eigenvalue weighted by atomic mass is 16.6. The number of ether oxygens (including phenoxy) is 1. The molecule has 34 heavy (non-hydrogen) atoms. The van der Waals surface area contributed by atoms with Crippen LogP contribution in [0.2, 0.25) is 0 Å². The minimum Gasteiger partial charge on any atom is -0.478 e. The molecule has 2 heterocycles. The SMILES string of the molecule is Cc1cc(-n2cc(-c3cccc(C(=O)O)c3)nn2)ccc1[C@@H](O)[C@H]1OC(CO)[C@@H](O)C(O)C1O. The van der Waals surface area contributed by atoms with Gasteiger partial charge in [-0.3, -0.25) is 0 Å². The van der Waals surface area contributed by atoms with E-state index in [1.54, 1.807) is 43.5 Å². The van der Waals surface area contributed by atoms with Crippen LogP contribution in [-0.2, 0) is 4.74 Å². The Morgan fingerprint density at radius 1 is 1.12 bits per heavy atom. The van der Waals surface area contributed by atoms with Crippen molar-refractivity contribution in [3.8, 4) is 16.9 Å². The average Bonchev–Trinajstić information content (AvgIpc) is 3.33. The number of aryl methyl sites for hydroxylation is 1. The number of aliphatic hydroxyl groups excluding tert-OH is 5. The largest absolute Gasteiger partial charge is 0.478 e. The van der Waals surface area contributed by atoms with Gasteiger partial charge in [0.1, 0.15) is 42.3 Å². The van der Waals surface area contributed by atoms with Gasteiger partial charge in [-0.2, -0.15) is 0 Å². The van der Waals surface area contributed by atoms with Gasteiger partial charge in [-0.15, -0.1) is 5.10 Å². The summed E-state index contributed by atoms with van der Waals surface area (Å²) in [4.78, 5) is 11.2. The molecular weight excluding hydrogens is 446 g/mol. The number of hydrogen-bond acceptors (Lipinski definition) is 9. The Kier molecular flexibility index (Phi) is 6.75. The summed E-state index contributed by atoms with van der Waals surface area (Å²) in [6.07, 6.45) is -6.74. The molecule has 1 saturated heterocycles. The predicted octanol–water partition coefficient (Wildman–Crippen LogP) is -0.183. The first-order valence-electron chi connectivity index (χ1n) is 10.6. The number of carboxylic acid groups (broad SMARTS) is 1. The number of aliphatic hydroxyl groups is 5. The minimum atomic E-state index is -1.58. The zero-order valence-electron chi connectivity index (χ0n) is 18.1. The van der Waals surface area contributed by atoms with E-state index in [4.69, 9.17) is 4.74 Å². The van der Waals surface area contributed by atoms with Crippen LogP contribution in [0.5, 0.6) is 0 Å². The molecule has 0 saturated carbocycles. The van der Waals surface area contributed by atoms with E-state index in [-0.39, 0.29) is 5.56 Å². The Morgan fingerprint density at radius 2 is 1.88 bits per heavy atom. The van der Waals surface area contributed by atoms with Crippen LogP contribution in [0.1, 0.15) is 27.6 Å². The number of aromatic nitrogens is 3. The fraction of sp³-hybridized carbons (Fsp3) is 0.348. The molecule has 1 aliphatic rings. The van der Waals surface area contributed by atoms with Crippen molar-refractivity contribution in [1.29, 1.82) is 0 Å². The van der Waals surface area contributed by atoms with E-state index in [9.17, 15) is 35.4 Å². The standard InChI is InChI=1S/C23H25N3O8/c1-11-7-14(26-9-16(24-25-26)12-3-2-4-13(8-12)23(32)33)5-6-15(11)18(28)22-21(31)20(30)19(29)17(10-27)34-22/h2-9,17-22,27-31H,10H2,1H3,(H,32,33)/t17?,18-,19-,20?,21?,22-/m1/s1. The molecule has 0 amide bonds. The van der Waals surface area contributed by atoms with E-state index in [1.165, 1.54) is 16.8 Å². The van der Waals surface area contributed by atoms with Crippen LogP contribution >= 0.6 is 0 Å². The fourth-order valence-corrected chi connectivity index (χ4v) is 4.04. The first-order chi connectivity index (χ1) is 16.2. The summed E-state index contributed by atoms with van der Waals surface area (Å²) < 4.78 is 6.97. The Morgan fingerprint density at radius 3 is 2.56 bits per heavy atom. The van der Waals surface area contributed by atoms with E-state index >= 15 is 0 Å². The predicted molar refractivity (Wildman–Crippen MR) is 117 cm³/mol. The average molecular weight is 471 g/mol. The molecule has 1 fully saturated rings. The second-order valence-electron chi connectivity index (χ2n) is 8.21. The van der Waals surface area contributed by atoms with Gasteiger partial charge >= 0.3 is 5.97 Å². The van der Waals surface area contributed by atoms with Crippen molar-refractivity contribution in [2.75, 3.05) is 6.61 Å². The maximum Gasteiger partial charge on any atom is 0.335 e. The molecule has 6 N–H and O–H groups in total. The Bertz CT molecular complexity index is 1180. The maximum absolute atomic E-state index is 11.2. The van der Waals surface area contributed by atoms with Crippen LogP contribution in [0.25, 0.3) is 16.9 Å². The summed E-state index contributed by atoms with van der Waals surface area (Å²) >= 11 is 0. The quantitative estimate of drug-likeness (QED) is 0.282. The van der Waals surface area contributed by atoms with Gasteiger partial charge in [-0.05, 0) is 42.3 Å². The topological polar surface area (TPSA) is 178 Å². The summed E-state index contributed by atoms with van der Waals surface area (Å²) in [7, 11) is 0. The summed E-state index contributed by atoms with van der Waals surface area (Å²) in [5, 5.41) is 67.9. The molecule has 4 rings (SSSR count). The van der Waals surface area contributed by atoms with Crippen LogP contribution in [0, 0.1) is 6.92 Å².